The molecule has 18 heavy (non-hydrogen) atoms. The molecular formula is C12H28ClN5. The van der Waals surface area contributed by atoms with Crippen molar-refractivity contribution in [3.63, 3.8) is 0 Å². The molecule has 0 heterocycles. The lowest BCUT2D eigenvalue weighted by Crippen LogP contribution is -2.43. The second-order valence-electron chi connectivity index (χ2n) is 4.32. The Morgan fingerprint density at radius 1 is 0.944 bits per heavy atom. The van der Waals surface area contributed by atoms with Gasteiger partial charge >= 0.3 is 0 Å². The van der Waals surface area contributed by atoms with E-state index in [1.54, 1.807) is 0 Å². The summed E-state index contributed by atoms with van der Waals surface area (Å²) in [6.07, 6.45) is 10.2. The lowest BCUT2D eigenvalue weighted by Gasteiger charge is -2.08. The number of halogens is 1. The highest BCUT2D eigenvalue weighted by Crippen LogP contribution is 2.07. The molecule has 0 fully saturated rings. The normalized spacial score (nSPS) is 9.39. The zero-order chi connectivity index (χ0) is 12.9. The van der Waals surface area contributed by atoms with Gasteiger partial charge in [-0.15, -0.1) is 12.4 Å². The van der Waals surface area contributed by atoms with Crippen LogP contribution in [0, 0.1) is 10.8 Å². The minimum Gasteiger partial charge on any atom is -0.370 e. The van der Waals surface area contributed by atoms with Crippen LogP contribution in [-0.2, 0) is 0 Å². The first-order chi connectivity index (χ1) is 8.16. The zero-order valence-electron chi connectivity index (χ0n) is 11.3. The van der Waals surface area contributed by atoms with Gasteiger partial charge in [-0.25, -0.2) is 0 Å². The van der Waals surface area contributed by atoms with Gasteiger partial charge in [-0.05, 0) is 6.42 Å². The van der Waals surface area contributed by atoms with Crippen LogP contribution >= 0.6 is 12.4 Å². The molecule has 0 spiro atoms. The Hall–Kier alpha value is -0.970. The average molecular weight is 278 g/mol. The van der Waals surface area contributed by atoms with Crippen molar-refractivity contribution in [2.75, 3.05) is 6.54 Å². The van der Waals surface area contributed by atoms with Crippen molar-refractivity contribution in [2.24, 2.45) is 5.73 Å². The molecule has 0 radical (unpaired) electrons. The van der Waals surface area contributed by atoms with Gasteiger partial charge in [-0.3, -0.25) is 16.1 Å². The number of guanidine groups is 2. The molecule has 5 nitrogen and oxygen atoms in total. The maximum absolute atomic E-state index is 7.37. The van der Waals surface area contributed by atoms with Crippen LogP contribution in [0.4, 0.5) is 0 Å². The van der Waals surface area contributed by atoms with Crippen LogP contribution < -0.4 is 16.4 Å². The number of rotatable bonds is 9. The summed E-state index contributed by atoms with van der Waals surface area (Å²) in [5.41, 5.74) is 5.09. The van der Waals surface area contributed by atoms with Gasteiger partial charge in [0.25, 0.3) is 0 Å². The van der Waals surface area contributed by atoms with Gasteiger partial charge in [0.2, 0.25) is 0 Å². The summed E-state index contributed by atoms with van der Waals surface area (Å²) in [6, 6.07) is 0. The Balaban J connectivity index is 0. The van der Waals surface area contributed by atoms with E-state index >= 15 is 0 Å². The lowest BCUT2D eigenvalue weighted by molar-refractivity contribution is 0.572. The minimum atomic E-state index is -0.196. The van der Waals surface area contributed by atoms with E-state index in [1.807, 2.05) is 0 Å². The summed E-state index contributed by atoms with van der Waals surface area (Å²) < 4.78 is 0. The average Bonchev–Trinajstić information content (AvgIpc) is 2.26. The third kappa shape index (κ3) is 15.0. The number of hydrogen-bond donors (Lipinski definition) is 5. The van der Waals surface area contributed by atoms with Crippen LogP contribution in [0.15, 0.2) is 0 Å². The fourth-order valence-electron chi connectivity index (χ4n) is 1.65. The van der Waals surface area contributed by atoms with E-state index in [0.717, 1.165) is 13.0 Å². The van der Waals surface area contributed by atoms with E-state index in [1.165, 1.54) is 44.9 Å². The summed E-state index contributed by atoms with van der Waals surface area (Å²) >= 11 is 0. The smallest absolute Gasteiger partial charge is 0.195 e. The van der Waals surface area contributed by atoms with Crippen LogP contribution in [0.25, 0.3) is 0 Å². The Bertz CT molecular complexity index is 221. The van der Waals surface area contributed by atoms with E-state index in [0.29, 0.717) is 0 Å². The van der Waals surface area contributed by atoms with Crippen molar-refractivity contribution >= 4 is 24.3 Å². The molecule has 6 heteroatoms. The number of nitrogens with one attached hydrogen (secondary N) is 4. The minimum absolute atomic E-state index is 0. The first kappa shape index (κ1) is 19.4. The lowest BCUT2D eigenvalue weighted by atomic mass is 10.1. The highest BCUT2D eigenvalue weighted by Gasteiger charge is 1.95. The first-order valence-electron chi connectivity index (χ1n) is 6.60. The summed E-state index contributed by atoms with van der Waals surface area (Å²) in [4.78, 5) is 0. The molecule has 0 bridgehead atoms. The zero-order valence-corrected chi connectivity index (χ0v) is 12.2. The summed E-state index contributed by atoms with van der Waals surface area (Å²) in [5, 5.41) is 19.6. The molecule has 0 saturated carbocycles. The van der Waals surface area contributed by atoms with Gasteiger partial charge in [0, 0.05) is 6.54 Å². The quantitative estimate of drug-likeness (QED) is 0.254. The highest BCUT2D eigenvalue weighted by molar-refractivity contribution is 5.94. The maximum atomic E-state index is 7.37. The van der Waals surface area contributed by atoms with Crippen molar-refractivity contribution in [3.05, 3.63) is 0 Å². The molecular weight excluding hydrogens is 250 g/mol. The van der Waals surface area contributed by atoms with Crippen LogP contribution in [-0.4, -0.2) is 18.5 Å². The summed E-state index contributed by atoms with van der Waals surface area (Å²) in [6.45, 7) is 3.00. The Labute approximate surface area is 117 Å². The van der Waals surface area contributed by atoms with Crippen molar-refractivity contribution in [3.8, 4) is 0 Å². The number of nitrogens with two attached hydrogens (primary N) is 1. The third-order valence-corrected chi connectivity index (χ3v) is 2.59. The third-order valence-electron chi connectivity index (χ3n) is 2.59. The van der Waals surface area contributed by atoms with Crippen molar-refractivity contribution in [1.29, 1.82) is 10.8 Å². The maximum Gasteiger partial charge on any atom is 0.195 e. The Morgan fingerprint density at radius 3 is 1.94 bits per heavy atom. The SMILES string of the molecule is CCCCCCCCCCNC(=N)NC(=N)N.Cl. The van der Waals surface area contributed by atoms with Gasteiger partial charge in [0.1, 0.15) is 0 Å². The van der Waals surface area contributed by atoms with Crippen molar-refractivity contribution in [1.82, 2.24) is 10.6 Å². The van der Waals surface area contributed by atoms with Gasteiger partial charge < -0.3 is 11.1 Å². The van der Waals surface area contributed by atoms with Gasteiger partial charge in [0.15, 0.2) is 11.9 Å². The van der Waals surface area contributed by atoms with E-state index in [2.05, 4.69) is 17.6 Å². The largest absolute Gasteiger partial charge is 0.370 e. The predicted octanol–water partition coefficient (Wildman–Crippen LogP) is 2.56. The fourth-order valence-corrected chi connectivity index (χ4v) is 1.65. The monoisotopic (exact) mass is 277 g/mol. The van der Waals surface area contributed by atoms with Crippen LogP contribution in [0.1, 0.15) is 58.3 Å². The molecule has 0 saturated heterocycles. The topological polar surface area (TPSA) is 97.8 Å². The number of unbranched alkanes of at least 4 members (excludes halogenated alkanes) is 7. The molecule has 0 aromatic rings. The number of hydrogen-bond acceptors (Lipinski definition) is 2. The van der Waals surface area contributed by atoms with Gasteiger partial charge in [0.05, 0.1) is 0 Å². The Kier molecular flexibility index (Phi) is 15.2. The molecule has 0 aliphatic heterocycles. The van der Waals surface area contributed by atoms with E-state index in [9.17, 15) is 0 Å². The molecule has 0 rings (SSSR count). The molecule has 0 aromatic carbocycles. The molecule has 0 aliphatic rings. The fraction of sp³-hybridized carbons (Fsp3) is 0.833. The summed E-state index contributed by atoms with van der Waals surface area (Å²) in [7, 11) is 0. The molecule has 108 valence electrons. The van der Waals surface area contributed by atoms with E-state index in [-0.39, 0.29) is 24.3 Å². The second kappa shape index (κ2) is 14.1. The van der Waals surface area contributed by atoms with E-state index in [4.69, 9.17) is 16.6 Å². The van der Waals surface area contributed by atoms with Crippen LogP contribution in [0.2, 0.25) is 0 Å². The van der Waals surface area contributed by atoms with Crippen molar-refractivity contribution < 1.29 is 0 Å². The molecule has 6 N–H and O–H groups in total. The highest BCUT2D eigenvalue weighted by atomic mass is 35.5. The molecule has 0 unspecified atom stereocenters. The van der Waals surface area contributed by atoms with Crippen molar-refractivity contribution in [2.45, 2.75) is 58.3 Å². The molecule has 0 amide bonds. The second-order valence-corrected chi connectivity index (χ2v) is 4.32. The molecule has 0 aliphatic carbocycles. The van der Waals surface area contributed by atoms with Gasteiger partial charge in [-0.1, -0.05) is 51.9 Å². The van der Waals surface area contributed by atoms with Crippen LogP contribution in [0.5, 0.6) is 0 Å². The summed E-state index contributed by atoms with van der Waals surface area (Å²) in [5.74, 6) is -0.0844. The van der Waals surface area contributed by atoms with E-state index < -0.39 is 0 Å². The Morgan fingerprint density at radius 2 is 1.44 bits per heavy atom. The first-order valence-corrected chi connectivity index (χ1v) is 6.60. The predicted molar refractivity (Wildman–Crippen MR) is 80.6 cm³/mol. The van der Waals surface area contributed by atoms with Crippen LogP contribution in [0.3, 0.4) is 0 Å². The van der Waals surface area contributed by atoms with Gasteiger partial charge in [-0.2, -0.15) is 0 Å². The standard InChI is InChI=1S/C12H27N5.ClH/c1-2-3-4-5-6-7-8-9-10-16-12(15)17-11(13)14;/h2-10H2,1H3,(H6,13,14,15,16,17);1H. The molecule has 0 atom stereocenters. The molecule has 0 aromatic heterocycles.